The van der Waals surface area contributed by atoms with E-state index in [0.717, 1.165) is 9.75 Å². The topological polar surface area (TPSA) is 32.3 Å². The molecule has 2 nitrogen and oxygen atoms in total. The molecule has 6 heteroatoms. The summed E-state index contributed by atoms with van der Waals surface area (Å²) in [5, 5.41) is 15.4. The van der Waals surface area contributed by atoms with Crippen molar-refractivity contribution in [3.8, 4) is 0 Å². The Bertz CT molecular complexity index is 471. The van der Waals surface area contributed by atoms with Crippen LogP contribution in [0.1, 0.15) is 15.8 Å². The number of nitrogens with one attached hydrogen (secondary N) is 1. The Morgan fingerprint density at radius 3 is 2.53 bits per heavy atom. The van der Waals surface area contributed by atoms with E-state index in [1.165, 1.54) is 0 Å². The van der Waals surface area contributed by atoms with Crippen LogP contribution in [0, 0.1) is 0 Å². The van der Waals surface area contributed by atoms with Gasteiger partial charge in [0.15, 0.2) is 0 Å². The van der Waals surface area contributed by atoms with Gasteiger partial charge in [-0.25, -0.2) is 8.78 Å². The molecule has 2 aromatic rings. The molecule has 0 aliphatic rings. The van der Waals surface area contributed by atoms with E-state index in [9.17, 15) is 8.78 Å². The number of halogens is 2. The second kappa shape index (κ2) is 6.56. The van der Waals surface area contributed by atoms with Gasteiger partial charge in [0.25, 0.3) is 5.92 Å². The van der Waals surface area contributed by atoms with Gasteiger partial charge in [-0.05, 0) is 22.9 Å². The van der Waals surface area contributed by atoms with E-state index >= 15 is 0 Å². The largest absolute Gasteiger partial charge is 0.390 e. The van der Waals surface area contributed by atoms with Gasteiger partial charge in [0.05, 0.1) is 6.54 Å². The smallest absolute Gasteiger partial charge is 0.282 e. The van der Waals surface area contributed by atoms with Crippen LogP contribution in [0.3, 0.4) is 0 Å². The average molecular weight is 303 g/mol. The maximum atomic E-state index is 13.1. The number of aliphatic hydroxyl groups excluding tert-OH is 1. The van der Waals surface area contributed by atoms with Crippen LogP contribution in [-0.2, 0) is 6.42 Å². The minimum Gasteiger partial charge on any atom is -0.390 e. The second-order valence-electron chi connectivity index (χ2n) is 4.25. The zero-order valence-electron chi connectivity index (χ0n) is 10.2. The van der Waals surface area contributed by atoms with Crippen molar-refractivity contribution in [2.24, 2.45) is 0 Å². The summed E-state index contributed by atoms with van der Waals surface area (Å²) in [7, 11) is 0. The molecule has 0 radical (unpaired) electrons. The zero-order valence-corrected chi connectivity index (χ0v) is 11.8. The maximum absolute atomic E-state index is 13.1. The maximum Gasteiger partial charge on any atom is 0.282 e. The van der Waals surface area contributed by atoms with Crippen LogP contribution in [-0.4, -0.2) is 24.2 Å². The lowest BCUT2D eigenvalue weighted by molar-refractivity contribution is -0.0493. The second-order valence-corrected chi connectivity index (χ2v) is 6.26. The molecule has 0 saturated heterocycles. The number of alkyl halides is 2. The van der Waals surface area contributed by atoms with Crippen LogP contribution in [0.25, 0.3) is 0 Å². The Morgan fingerprint density at radius 1 is 1.21 bits per heavy atom. The van der Waals surface area contributed by atoms with Gasteiger partial charge in [-0.3, -0.25) is 0 Å². The zero-order chi connectivity index (χ0) is 13.7. The highest BCUT2D eigenvalue weighted by atomic mass is 32.1. The Labute approximate surface area is 118 Å². The first-order valence-electron chi connectivity index (χ1n) is 5.88. The molecule has 1 atom stereocenters. The van der Waals surface area contributed by atoms with Crippen LogP contribution < -0.4 is 5.32 Å². The van der Waals surface area contributed by atoms with Gasteiger partial charge in [-0.1, -0.05) is 12.1 Å². The van der Waals surface area contributed by atoms with Gasteiger partial charge < -0.3 is 10.4 Å². The van der Waals surface area contributed by atoms with Gasteiger partial charge in [0.1, 0.15) is 6.61 Å². The molecular weight excluding hydrogens is 288 g/mol. The summed E-state index contributed by atoms with van der Waals surface area (Å²) in [6, 6.07) is 7.65. The van der Waals surface area contributed by atoms with Crippen LogP contribution in [0.2, 0.25) is 0 Å². The average Bonchev–Trinajstić information content (AvgIpc) is 3.07. The fourth-order valence-electron chi connectivity index (χ4n) is 1.72. The molecule has 0 aromatic carbocycles. The number of thiophene rings is 2. The summed E-state index contributed by atoms with van der Waals surface area (Å²) in [5.74, 6) is -3.08. The van der Waals surface area contributed by atoms with Crippen molar-refractivity contribution in [2.45, 2.75) is 18.4 Å². The fraction of sp³-hybridized carbons (Fsp3) is 0.385. The molecule has 2 N–H and O–H groups in total. The SMILES string of the molecule is OCC(F)(F)CNC(Cc1cccs1)c1cccs1. The Balaban J connectivity index is 2.03. The third kappa shape index (κ3) is 4.35. The van der Waals surface area contributed by atoms with Crippen molar-refractivity contribution in [3.63, 3.8) is 0 Å². The summed E-state index contributed by atoms with van der Waals surface area (Å²) < 4.78 is 26.3. The molecule has 2 heterocycles. The highest BCUT2D eigenvalue weighted by Gasteiger charge is 2.29. The number of rotatable bonds is 7. The first kappa shape index (κ1) is 14.6. The Hall–Kier alpha value is -0.820. The number of hydrogen-bond acceptors (Lipinski definition) is 4. The van der Waals surface area contributed by atoms with E-state index in [1.54, 1.807) is 22.7 Å². The molecule has 0 saturated carbocycles. The van der Waals surface area contributed by atoms with Gasteiger partial charge in [0, 0.05) is 22.2 Å². The molecule has 0 aliphatic heterocycles. The lowest BCUT2D eigenvalue weighted by Gasteiger charge is -2.20. The van der Waals surface area contributed by atoms with E-state index < -0.39 is 19.1 Å². The van der Waals surface area contributed by atoms with E-state index in [0.29, 0.717) is 6.42 Å². The van der Waals surface area contributed by atoms with Crippen molar-refractivity contribution in [1.82, 2.24) is 5.32 Å². The molecule has 0 bridgehead atoms. The molecule has 0 spiro atoms. The lowest BCUT2D eigenvalue weighted by atomic mass is 10.1. The summed E-state index contributed by atoms with van der Waals surface area (Å²) in [4.78, 5) is 2.18. The molecular formula is C13H15F2NOS2. The third-order valence-electron chi connectivity index (χ3n) is 2.71. The molecule has 104 valence electrons. The summed E-state index contributed by atoms with van der Waals surface area (Å²) in [6.07, 6.45) is 0.680. The van der Waals surface area contributed by atoms with Crippen molar-refractivity contribution >= 4 is 22.7 Å². The predicted octanol–water partition coefficient (Wildman–Crippen LogP) is 3.31. The third-order valence-corrected chi connectivity index (χ3v) is 4.60. The van der Waals surface area contributed by atoms with E-state index in [4.69, 9.17) is 5.11 Å². The van der Waals surface area contributed by atoms with Crippen molar-refractivity contribution < 1.29 is 13.9 Å². The highest BCUT2D eigenvalue weighted by molar-refractivity contribution is 7.10. The first-order valence-corrected chi connectivity index (χ1v) is 7.64. The standard InChI is InChI=1S/C13H15F2NOS2/c14-13(15,9-17)8-16-11(12-4-2-6-19-12)7-10-3-1-5-18-10/h1-6,11,16-17H,7-9H2. The molecule has 0 amide bonds. The van der Waals surface area contributed by atoms with E-state index in [2.05, 4.69) is 5.32 Å². The van der Waals surface area contributed by atoms with Gasteiger partial charge in [-0.15, -0.1) is 22.7 Å². The molecule has 19 heavy (non-hydrogen) atoms. The Kier molecular flexibility index (Phi) is 5.04. The van der Waals surface area contributed by atoms with Gasteiger partial charge >= 0.3 is 0 Å². The molecule has 0 fully saturated rings. The predicted molar refractivity (Wildman–Crippen MR) is 75.1 cm³/mol. The normalized spacial score (nSPS) is 13.6. The van der Waals surface area contributed by atoms with Crippen molar-refractivity contribution in [3.05, 3.63) is 44.8 Å². The van der Waals surface area contributed by atoms with E-state index in [-0.39, 0.29) is 6.04 Å². The quantitative estimate of drug-likeness (QED) is 0.822. The van der Waals surface area contributed by atoms with Crippen LogP contribution in [0.15, 0.2) is 35.0 Å². The van der Waals surface area contributed by atoms with Crippen LogP contribution in [0.4, 0.5) is 8.78 Å². The Morgan fingerprint density at radius 2 is 1.95 bits per heavy atom. The van der Waals surface area contributed by atoms with Gasteiger partial charge in [0.2, 0.25) is 0 Å². The van der Waals surface area contributed by atoms with Gasteiger partial charge in [-0.2, -0.15) is 0 Å². The van der Waals surface area contributed by atoms with Crippen LogP contribution in [0.5, 0.6) is 0 Å². The van der Waals surface area contributed by atoms with Crippen molar-refractivity contribution in [2.75, 3.05) is 13.2 Å². The monoisotopic (exact) mass is 303 g/mol. The lowest BCUT2D eigenvalue weighted by Crippen LogP contribution is -2.38. The number of hydrogen-bond donors (Lipinski definition) is 2. The molecule has 0 aliphatic carbocycles. The minimum absolute atomic E-state index is 0.143. The molecule has 1 unspecified atom stereocenters. The summed E-state index contributed by atoms with van der Waals surface area (Å²) in [5.41, 5.74) is 0. The summed E-state index contributed by atoms with van der Waals surface area (Å²) >= 11 is 3.16. The number of aliphatic hydroxyl groups is 1. The van der Waals surface area contributed by atoms with Crippen LogP contribution >= 0.6 is 22.7 Å². The minimum atomic E-state index is -3.08. The highest BCUT2D eigenvalue weighted by Crippen LogP contribution is 2.25. The fourth-order valence-corrected chi connectivity index (χ4v) is 3.28. The molecule has 2 rings (SSSR count). The molecule has 2 aromatic heterocycles. The van der Waals surface area contributed by atoms with E-state index in [1.807, 2.05) is 35.0 Å². The summed E-state index contributed by atoms with van der Waals surface area (Å²) in [6.45, 7) is -1.65. The first-order chi connectivity index (χ1) is 9.11. The van der Waals surface area contributed by atoms with Crippen molar-refractivity contribution in [1.29, 1.82) is 0 Å².